The Hall–Kier alpha value is -2.27. The number of nitrogens with zero attached hydrogens (tertiary/aromatic N) is 1. The van der Waals surface area contributed by atoms with Crippen molar-refractivity contribution in [3.05, 3.63) is 64.1 Å². The second-order valence-corrected chi connectivity index (χ2v) is 7.84. The number of fused-ring (bicyclic) bond motifs is 1. The highest BCUT2D eigenvalue weighted by molar-refractivity contribution is 9.10. The van der Waals surface area contributed by atoms with Crippen LogP contribution in [0.4, 0.5) is 5.69 Å². The molecular weight excluding hydrogens is 382 g/mol. The molecule has 0 radical (unpaired) electrons. The summed E-state index contributed by atoms with van der Waals surface area (Å²) in [6.07, 6.45) is 0.357. The minimum atomic E-state index is -0.558. The van der Waals surface area contributed by atoms with Crippen LogP contribution in [-0.4, -0.2) is 17.6 Å². The summed E-state index contributed by atoms with van der Waals surface area (Å²) in [5, 5.41) is 0. The first kappa shape index (κ1) is 15.0. The molecule has 2 aromatic rings. The third-order valence-corrected chi connectivity index (χ3v) is 6.30. The first-order chi connectivity index (χ1) is 12.1. The van der Waals surface area contributed by atoms with Gasteiger partial charge in [0.2, 0.25) is 11.8 Å². The molecule has 4 nitrogen and oxygen atoms in total. The summed E-state index contributed by atoms with van der Waals surface area (Å²) in [6.45, 7) is 0. The van der Waals surface area contributed by atoms with Gasteiger partial charge in [-0.2, -0.15) is 0 Å². The van der Waals surface area contributed by atoms with Crippen LogP contribution in [0.15, 0.2) is 53.0 Å². The number of hydrogen-bond donors (Lipinski definition) is 0. The number of amides is 2. The second-order valence-electron chi connectivity index (χ2n) is 6.92. The highest BCUT2D eigenvalue weighted by Gasteiger charge is 2.62. The maximum absolute atomic E-state index is 13.1. The third kappa shape index (κ3) is 1.90. The van der Waals surface area contributed by atoms with Crippen LogP contribution in [0.25, 0.3) is 0 Å². The van der Waals surface area contributed by atoms with E-state index in [-0.39, 0.29) is 23.5 Å². The van der Waals surface area contributed by atoms with E-state index in [1.165, 1.54) is 4.90 Å². The van der Waals surface area contributed by atoms with Gasteiger partial charge in [0.25, 0.3) is 0 Å². The predicted molar refractivity (Wildman–Crippen MR) is 95.2 cm³/mol. The van der Waals surface area contributed by atoms with E-state index in [9.17, 15) is 14.4 Å². The molecule has 1 aliphatic heterocycles. The molecule has 25 heavy (non-hydrogen) atoms. The van der Waals surface area contributed by atoms with Crippen molar-refractivity contribution in [2.75, 3.05) is 4.90 Å². The smallest absolute Gasteiger partial charge is 0.238 e. The lowest BCUT2D eigenvalue weighted by molar-refractivity contribution is -0.134. The Bertz CT molecular complexity index is 936. The molecular formula is C20H14BrNO3. The lowest BCUT2D eigenvalue weighted by atomic mass is 9.56. The molecule has 4 aliphatic rings. The zero-order chi connectivity index (χ0) is 17.3. The van der Waals surface area contributed by atoms with Gasteiger partial charge in [-0.15, -0.1) is 0 Å². The van der Waals surface area contributed by atoms with Gasteiger partial charge in [-0.3, -0.25) is 19.3 Å². The summed E-state index contributed by atoms with van der Waals surface area (Å²) < 4.78 is 0.885. The molecule has 1 heterocycles. The average molecular weight is 396 g/mol. The van der Waals surface area contributed by atoms with Crippen molar-refractivity contribution in [1.29, 1.82) is 0 Å². The standard InChI is InChI=1S/C20H14BrNO3/c21-10-5-7-11(8-6-10)22-19(24)17-14-9-15(23)16(18(17)20(22)25)13-4-2-1-3-12(13)14/h1-8,14,16-18H,9H2/t14-,16+,17-,18-/m0/s1. The number of carbonyl (C=O) groups is 3. The molecule has 5 heteroatoms. The molecule has 2 amide bonds. The van der Waals surface area contributed by atoms with Crippen molar-refractivity contribution in [3.63, 3.8) is 0 Å². The highest BCUT2D eigenvalue weighted by Crippen LogP contribution is 2.57. The fourth-order valence-corrected chi connectivity index (χ4v) is 5.07. The SMILES string of the molecule is O=C1C[C@H]2c3ccccc3[C@H]1[C@@H]1C(=O)N(c3ccc(Br)cc3)C(=O)[C@H]12. The van der Waals surface area contributed by atoms with Crippen LogP contribution < -0.4 is 4.90 Å². The number of ketones is 1. The number of hydrogen-bond acceptors (Lipinski definition) is 3. The molecule has 0 N–H and O–H groups in total. The second kappa shape index (κ2) is 5.11. The number of carbonyl (C=O) groups excluding carboxylic acids is 3. The molecule has 1 saturated carbocycles. The Morgan fingerprint density at radius 2 is 1.48 bits per heavy atom. The van der Waals surface area contributed by atoms with E-state index < -0.39 is 17.8 Å². The minimum absolute atomic E-state index is 0.0868. The topological polar surface area (TPSA) is 54.5 Å². The largest absolute Gasteiger partial charge is 0.299 e. The number of Topliss-reactive ketones (excluding diaryl/α,β-unsaturated/α-hetero) is 1. The van der Waals surface area contributed by atoms with Crippen molar-refractivity contribution in [2.45, 2.75) is 18.3 Å². The van der Waals surface area contributed by atoms with Crippen LogP contribution in [-0.2, 0) is 14.4 Å². The molecule has 0 unspecified atom stereocenters. The van der Waals surface area contributed by atoms with E-state index in [4.69, 9.17) is 0 Å². The number of benzene rings is 2. The van der Waals surface area contributed by atoms with Gasteiger partial charge in [-0.05, 0) is 35.4 Å². The van der Waals surface area contributed by atoms with Gasteiger partial charge in [0, 0.05) is 16.8 Å². The van der Waals surface area contributed by atoms with E-state index in [1.54, 1.807) is 12.1 Å². The van der Waals surface area contributed by atoms with E-state index in [0.717, 1.165) is 15.6 Å². The number of imide groups is 1. The van der Waals surface area contributed by atoms with Crippen molar-refractivity contribution in [2.24, 2.45) is 11.8 Å². The zero-order valence-corrected chi connectivity index (χ0v) is 14.8. The Balaban J connectivity index is 1.65. The lowest BCUT2D eigenvalue weighted by Crippen LogP contribution is -2.44. The van der Waals surface area contributed by atoms with Crippen molar-refractivity contribution < 1.29 is 14.4 Å². The van der Waals surface area contributed by atoms with Crippen LogP contribution in [0.1, 0.15) is 29.4 Å². The summed E-state index contributed by atoms with van der Waals surface area (Å²) in [7, 11) is 0. The Morgan fingerprint density at radius 1 is 0.840 bits per heavy atom. The summed E-state index contributed by atoms with van der Waals surface area (Å²) in [5.41, 5.74) is 2.57. The van der Waals surface area contributed by atoms with Crippen LogP contribution in [0.2, 0.25) is 0 Å². The van der Waals surface area contributed by atoms with Crippen molar-refractivity contribution in [1.82, 2.24) is 0 Å². The zero-order valence-electron chi connectivity index (χ0n) is 13.2. The first-order valence-electron chi connectivity index (χ1n) is 8.33. The van der Waals surface area contributed by atoms with Crippen LogP contribution >= 0.6 is 15.9 Å². The summed E-state index contributed by atoms with van der Waals surface area (Å²) in [4.78, 5) is 40.1. The molecule has 124 valence electrons. The van der Waals surface area contributed by atoms with Gasteiger partial charge >= 0.3 is 0 Å². The fraction of sp³-hybridized carbons (Fsp3) is 0.250. The fourth-order valence-electron chi connectivity index (χ4n) is 4.80. The lowest BCUT2D eigenvalue weighted by Gasteiger charge is -2.43. The van der Waals surface area contributed by atoms with E-state index in [1.807, 2.05) is 36.4 Å². The highest BCUT2D eigenvalue weighted by atomic mass is 79.9. The van der Waals surface area contributed by atoms with Crippen LogP contribution in [0, 0.1) is 11.8 Å². The number of rotatable bonds is 1. The van der Waals surface area contributed by atoms with Crippen molar-refractivity contribution in [3.8, 4) is 0 Å². The van der Waals surface area contributed by atoms with Gasteiger partial charge in [-0.25, -0.2) is 0 Å². The number of anilines is 1. The molecule has 1 saturated heterocycles. The Kier molecular flexibility index (Phi) is 3.07. The van der Waals surface area contributed by atoms with Gasteiger partial charge in [-0.1, -0.05) is 40.2 Å². The molecule has 2 aromatic carbocycles. The predicted octanol–water partition coefficient (Wildman–Crippen LogP) is 3.41. The van der Waals surface area contributed by atoms with Gasteiger partial charge in [0.15, 0.2) is 0 Å². The van der Waals surface area contributed by atoms with Gasteiger partial charge in [0.1, 0.15) is 5.78 Å². The molecule has 4 atom stereocenters. The molecule has 0 spiro atoms. The number of halogens is 1. The minimum Gasteiger partial charge on any atom is -0.299 e. The average Bonchev–Trinajstić information content (AvgIpc) is 2.88. The Labute approximate surface area is 153 Å². The van der Waals surface area contributed by atoms with E-state index in [0.29, 0.717) is 12.1 Å². The summed E-state index contributed by atoms with van der Waals surface area (Å²) in [5.74, 6) is -1.97. The quantitative estimate of drug-likeness (QED) is 0.695. The molecule has 2 bridgehead atoms. The van der Waals surface area contributed by atoms with E-state index >= 15 is 0 Å². The third-order valence-electron chi connectivity index (χ3n) is 5.77. The van der Waals surface area contributed by atoms with Crippen LogP contribution in [0.3, 0.4) is 0 Å². The van der Waals surface area contributed by atoms with Crippen molar-refractivity contribution >= 4 is 39.2 Å². The summed E-state index contributed by atoms with van der Waals surface area (Å²) >= 11 is 3.37. The monoisotopic (exact) mass is 395 g/mol. The molecule has 3 aliphatic carbocycles. The normalized spacial score (nSPS) is 29.8. The van der Waals surface area contributed by atoms with Gasteiger partial charge < -0.3 is 0 Å². The maximum Gasteiger partial charge on any atom is 0.238 e. The van der Waals surface area contributed by atoms with Gasteiger partial charge in [0.05, 0.1) is 23.4 Å². The Morgan fingerprint density at radius 3 is 2.20 bits per heavy atom. The molecule has 2 fully saturated rings. The summed E-state index contributed by atoms with van der Waals surface area (Å²) in [6, 6.07) is 14.9. The van der Waals surface area contributed by atoms with E-state index in [2.05, 4.69) is 15.9 Å². The molecule has 6 rings (SSSR count). The molecule has 0 aromatic heterocycles. The maximum atomic E-state index is 13.1. The first-order valence-corrected chi connectivity index (χ1v) is 9.12. The van der Waals surface area contributed by atoms with Crippen LogP contribution in [0.5, 0.6) is 0 Å².